The molecule has 0 saturated carbocycles. The quantitative estimate of drug-likeness (QED) is 0.582. The van der Waals surface area contributed by atoms with Gasteiger partial charge in [0.25, 0.3) is 5.91 Å². The van der Waals surface area contributed by atoms with Gasteiger partial charge in [0, 0.05) is 11.3 Å². The number of benzene rings is 1. The van der Waals surface area contributed by atoms with Crippen molar-refractivity contribution in [3.05, 3.63) is 41.2 Å². The zero-order valence-electron chi connectivity index (χ0n) is 13.5. The van der Waals surface area contributed by atoms with E-state index in [0.29, 0.717) is 11.5 Å². The Kier molecular flexibility index (Phi) is 5.00. The van der Waals surface area contributed by atoms with E-state index in [1.165, 1.54) is 13.2 Å². The Labute approximate surface area is 134 Å². The van der Waals surface area contributed by atoms with Crippen LogP contribution < -0.4 is 10.2 Å². The lowest BCUT2D eigenvalue weighted by Crippen LogP contribution is -2.19. The predicted molar refractivity (Wildman–Crippen MR) is 87.0 cm³/mol. The lowest BCUT2D eigenvalue weighted by molar-refractivity contribution is 0.0950. The molecule has 122 valence electrons. The van der Waals surface area contributed by atoms with Crippen LogP contribution in [0.1, 0.15) is 48.4 Å². The molecule has 7 heteroatoms. The molecule has 1 aromatic heterocycles. The SMILES string of the molecule is COc1cc(/C(C)=N\NC(=O)c2cc(C(C)C)[nH]n2)ccc1O. The van der Waals surface area contributed by atoms with E-state index in [9.17, 15) is 9.90 Å². The van der Waals surface area contributed by atoms with Gasteiger partial charge < -0.3 is 9.84 Å². The fourth-order valence-electron chi connectivity index (χ4n) is 1.91. The summed E-state index contributed by atoms with van der Waals surface area (Å²) < 4.78 is 5.05. The Hall–Kier alpha value is -2.83. The zero-order valence-corrected chi connectivity index (χ0v) is 13.5. The van der Waals surface area contributed by atoms with E-state index in [1.807, 2.05) is 13.8 Å². The second kappa shape index (κ2) is 6.95. The van der Waals surface area contributed by atoms with Gasteiger partial charge in [-0.15, -0.1) is 0 Å². The van der Waals surface area contributed by atoms with Crippen LogP contribution in [0, 0.1) is 0 Å². The molecule has 0 aliphatic carbocycles. The van der Waals surface area contributed by atoms with E-state index in [0.717, 1.165) is 11.3 Å². The molecule has 0 aliphatic rings. The van der Waals surface area contributed by atoms with E-state index in [2.05, 4.69) is 20.7 Å². The highest BCUT2D eigenvalue weighted by Gasteiger charge is 2.12. The predicted octanol–water partition coefficient (Wildman–Crippen LogP) is 2.40. The Balaban J connectivity index is 2.10. The Morgan fingerprint density at radius 1 is 1.39 bits per heavy atom. The van der Waals surface area contributed by atoms with Crippen LogP contribution in [0.5, 0.6) is 11.5 Å². The molecular weight excluding hydrogens is 296 g/mol. The van der Waals surface area contributed by atoms with Crippen molar-refractivity contribution < 1.29 is 14.6 Å². The summed E-state index contributed by atoms with van der Waals surface area (Å²) in [6.45, 7) is 5.77. The molecule has 0 unspecified atom stereocenters. The number of aromatic hydroxyl groups is 1. The molecule has 3 N–H and O–H groups in total. The minimum Gasteiger partial charge on any atom is -0.504 e. The molecule has 0 aliphatic heterocycles. The third-order valence-corrected chi connectivity index (χ3v) is 3.37. The summed E-state index contributed by atoms with van der Waals surface area (Å²) in [5.41, 5.74) is 4.95. The number of phenols is 1. The summed E-state index contributed by atoms with van der Waals surface area (Å²) in [5, 5.41) is 20.4. The molecule has 2 rings (SSSR count). The minimum absolute atomic E-state index is 0.0471. The maximum absolute atomic E-state index is 12.0. The minimum atomic E-state index is -0.391. The maximum Gasteiger partial charge on any atom is 0.291 e. The standard InChI is InChI=1S/C16H20N4O3/c1-9(2)12-8-13(19-18-12)16(22)20-17-10(3)11-5-6-14(21)15(7-11)23-4/h5-9,21H,1-4H3,(H,18,19)(H,20,22)/b17-10-. The third kappa shape index (κ3) is 3.88. The number of aromatic nitrogens is 2. The number of hydrazone groups is 1. The number of H-pyrrole nitrogens is 1. The van der Waals surface area contributed by atoms with Gasteiger partial charge in [0.05, 0.1) is 12.8 Å². The van der Waals surface area contributed by atoms with Crippen molar-refractivity contribution in [1.29, 1.82) is 0 Å². The van der Waals surface area contributed by atoms with Crippen LogP contribution in [-0.4, -0.2) is 34.0 Å². The van der Waals surface area contributed by atoms with Crippen molar-refractivity contribution in [2.24, 2.45) is 5.10 Å². The van der Waals surface area contributed by atoms with Crippen molar-refractivity contribution in [3.8, 4) is 11.5 Å². The van der Waals surface area contributed by atoms with Crippen molar-refractivity contribution in [3.63, 3.8) is 0 Å². The molecule has 0 saturated heterocycles. The Bertz CT molecular complexity index is 735. The molecule has 1 heterocycles. The van der Waals surface area contributed by atoms with Crippen molar-refractivity contribution in [2.75, 3.05) is 7.11 Å². The Morgan fingerprint density at radius 2 is 2.13 bits per heavy atom. The van der Waals surface area contributed by atoms with Gasteiger partial charge in [-0.25, -0.2) is 5.43 Å². The number of carbonyl (C=O) groups is 1. The van der Waals surface area contributed by atoms with Crippen LogP contribution in [0.25, 0.3) is 0 Å². The molecule has 0 atom stereocenters. The zero-order chi connectivity index (χ0) is 17.0. The molecule has 1 amide bonds. The first-order chi connectivity index (χ1) is 10.9. The number of hydrogen-bond acceptors (Lipinski definition) is 5. The topological polar surface area (TPSA) is 99.6 Å². The maximum atomic E-state index is 12.0. The highest BCUT2D eigenvalue weighted by Crippen LogP contribution is 2.26. The number of amides is 1. The number of carbonyl (C=O) groups excluding carboxylic acids is 1. The fraction of sp³-hybridized carbons (Fsp3) is 0.312. The van der Waals surface area contributed by atoms with Crippen molar-refractivity contribution >= 4 is 11.6 Å². The summed E-state index contributed by atoms with van der Waals surface area (Å²) in [7, 11) is 1.47. The number of rotatable bonds is 5. The summed E-state index contributed by atoms with van der Waals surface area (Å²) >= 11 is 0. The summed E-state index contributed by atoms with van der Waals surface area (Å²) in [6.07, 6.45) is 0. The molecule has 1 aromatic carbocycles. The van der Waals surface area contributed by atoms with Crippen LogP contribution >= 0.6 is 0 Å². The van der Waals surface area contributed by atoms with Crippen LogP contribution in [0.4, 0.5) is 0 Å². The summed E-state index contributed by atoms with van der Waals surface area (Å²) in [5.74, 6) is 0.264. The normalized spacial score (nSPS) is 11.6. The van der Waals surface area contributed by atoms with E-state index in [1.54, 1.807) is 25.1 Å². The van der Waals surface area contributed by atoms with Gasteiger partial charge >= 0.3 is 0 Å². The molecule has 0 fully saturated rings. The fourth-order valence-corrected chi connectivity index (χ4v) is 1.91. The van der Waals surface area contributed by atoms with Crippen LogP contribution in [0.15, 0.2) is 29.4 Å². The van der Waals surface area contributed by atoms with Gasteiger partial charge in [0.1, 0.15) is 0 Å². The molecule has 0 spiro atoms. The number of hydrogen-bond donors (Lipinski definition) is 3. The van der Waals surface area contributed by atoms with E-state index in [-0.39, 0.29) is 17.4 Å². The van der Waals surface area contributed by atoms with Crippen molar-refractivity contribution in [1.82, 2.24) is 15.6 Å². The summed E-state index contributed by atoms with van der Waals surface area (Å²) in [6, 6.07) is 6.55. The number of methoxy groups -OCH3 is 1. The first-order valence-corrected chi connectivity index (χ1v) is 7.19. The number of nitrogens with zero attached hydrogens (tertiary/aromatic N) is 2. The number of phenolic OH excluding ortho intramolecular Hbond substituents is 1. The van der Waals surface area contributed by atoms with Gasteiger partial charge in [-0.2, -0.15) is 10.2 Å². The number of nitrogens with one attached hydrogen (secondary N) is 2. The Morgan fingerprint density at radius 3 is 2.74 bits per heavy atom. The van der Waals surface area contributed by atoms with Crippen LogP contribution in [0.2, 0.25) is 0 Å². The highest BCUT2D eigenvalue weighted by atomic mass is 16.5. The van der Waals surface area contributed by atoms with Crippen molar-refractivity contribution in [2.45, 2.75) is 26.7 Å². The second-order valence-electron chi connectivity index (χ2n) is 5.39. The van der Waals surface area contributed by atoms with E-state index >= 15 is 0 Å². The molecule has 0 radical (unpaired) electrons. The number of aromatic amines is 1. The second-order valence-corrected chi connectivity index (χ2v) is 5.39. The van der Waals surface area contributed by atoms with E-state index < -0.39 is 5.91 Å². The van der Waals surface area contributed by atoms with Crippen LogP contribution in [0.3, 0.4) is 0 Å². The molecule has 23 heavy (non-hydrogen) atoms. The average Bonchev–Trinajstić information content (AvgIpc) is 3.03. The van der Waals surface area contributed by atoms with Gasteiger partial charge in [0.15, 0.2) is 17.2 Å². The average molecular weight is 316 g/mol. The molecule has 7 nitrogen and oxygen atoms in total. The molecule has 0 bridgehead atoms. The largest absolute Gasteiger partial charge is 0.504 e. The van der Waals surface area contributed by atoms with Crippen LogP contribution in [-0.2, 0) is 0 Å². The molecule has 2 aromatic rings. The van der Waals surface area contributed by atoms with E-state index in [4.69, 9.17) is 4.74 Å². The lowest BCUT2D eigenvalue weighted by atomic mass is 10.1. The van der Waals surface area contributed by atoms with Gasteiger partial charge in [0.2, 0.25) is 0 Å². The first kappa shape index (κ1) is 16.5. The molecular formula is C16H20N4O3. The van der Waals surface area contributed by atoms with Gasteiger partial charge in [-0.3, -0.25) is 9.89 Å². The summed E-state index contributed by atoms with van der Waals surface area (Å²) in [4.78, 5) is 12.0. The van der Waals surface area contributed by atoms with Gasteiger partial charge in [-0.05, 0) is 37.1 Å². The third-order valence-electron chi connectivity index (χ3n) is 3.37. The lowest BCUT2D eigenvalue weighted by Gasteiger charge is -2.06. The monoisotopic (exact) mass is 316 g/mol. The first-order valence-electron chi connectivity index (χ1n) is 7.19. The highest BCUT2D eigenvalue weighted by molar-refractivity contribution is 6.00. The smallest absolute Gasteiger partial charge is 0.291 e. The van der Waals surface area contributed by atoms with Gasteiger partial charge in [-0.1, -0.05) is 13.8 Å². The number of ether oxygens (including phenoxy) is 1.